The highest BCUT2D eigenvalue weighted by atomic mass is 35.5. The Morgan fingerprint density at radius 1 is 1.31 bits per heavy atom. The molecule has 6 nitrogen and oxygen atoms in total. The SMILES string of the molecule is Cn1nc(C(F)(F)C(F)(F)F)c(SC2CC2)c1N/C=C(\C=N)c1ccc(Cl)c(NC2(C#N)CC2)c1. The van der Waals surface area contributed by atoms with E-state index in [0.717, 1.165) is 22.7 Å². The second-order valence-corrected chi connectivity index (χ2v) is 10.2. The monoisotopic (exact) mass is 530 g/mol. The Hall–Kier alpha value is -2.78. The fraction of sp³-hybridized carbons (Fsp3) is 0.409. The van der Waals surface area contributed by atoms with Crippen LogP contribution in [0.5, 0.6) is 0 Å². The summed E-state index contributed by atoms with van der Waals surface area (Å²) in [5.41, 5.74) is -0.708. The lowest BCUT2D eigenvalue weighted by Crippen LogP contribution is -2.34. The molecule has 2 aliphatic rings. The first-order valence-corrected chi connectivity index (χ1v) is 11.8. The molecular weight excluding hydrogens is 511 g/mol. The third kappa shape index (κ3) is 5.11. The first-order chi connectivity index (χ1) is 16.4. The summed E-state index contributed by atoms with van der Waals surface area (Å²) in [6, 6.07) is 7.06. The molecule has 13 heteroatoms. The van der Waals surface area contributed by atoms with Gasteiger partial charge in [-0.3, -0.25) is 4.68 Å². The molecule has 2 saturated carbocycles. The van der Waals surface area contributed by atoms with E-state index in [0.29, 0.717) is 47.5 Å². The number of nitrogens with one attached hydrogen (secondary N) is 3. The molecule has 2 fully saturated rings. The predicted molar refractivity (Wildman–Crippen MR) is 125 cm³/mol. The minimum Gasteiger partial charge on any atom is -0.366 e. The Bertz CT molecular complexity index is 1220. The van der Waals surface area contributed by atoms with Gasteiger partial charge >= 0.3 is 12.1 Å². The number of benzene rings is 1. The number of aromatic nitrogens is 2. The average molecular weight is 531 g/mol. The molecule has 0 saturated heterocycles. The van der Waals surface area contributed by atoms with E-state index in [4.69, 9.17) is 17.0 Å². The molecule has 4 rings (SSSR count). The molecule has 0 bridgehead atoms. The lowest BCUT2D eigenvalue weighted by molar-refractivity contribution is -0.292. The van der Waals surface area contributed by atoms with E-state index in [9.17, 15) is 27.2 Å². The molecule has 0 radical (unpaired) electrons. The van der Waals surface area contributed by atoms with Crippen LogP contribution in [0.2, 0.25) is 5.02 Å². The molecule has 0 spiro atoms. The molecule has 1 heterocycles. The summed E-state index contributed by atoms with van der Waals surface area (Å²) < 4.78 is 68.7. The molecular formula is C22H20ClF5N6S. The van der Waals surface area contributed by atoms with Gasteiger partial charge in [0.25, 0.3) is 0 Å². The highest BCUT2D eigenvalue weighted by molar-refractivity contribution is 8.00. The molecule has 186 valence electrons. The first-order valence-electron chi connectivity index (χ1n) is 10.6. The summed E-state index contributed by atoms with van der Waals surface area (Å²) in [6.45, 7) is 0. The lowest BCUT2D eigenvalue weighted by atomic mass is 10.1. The normalized spacial score (nSPS) is 17.6. The highest BCUT2D eigenvalue weighted by Crippen LogP contribution is 2.51. The zero-order valence-electron chi connectivity index (χ0n) is 18.3. The van der Waals surface area contributed by atoms with Crippen LogP contribution in [0.4, 0.5) is 33.5 Å². The molecule has 0 amide bonds. The summed E-state index contributed by atoms with van der Waals surface area (Å²) >= 11 is 7.18. The van der Waals surface area contributed by atoms with Gasteiger partial charge in [0.1, 0.15) is 11.4 Å². The number of nitrogens with zero attached hydrogens (tertiary/aromatic N) is 3. The number of halogens is 6. The van der Waals surface area contributed by atoms with Gasteiger partial charge in [-0.2, -0.15) is 32.3 Å². The van der Waals surface area contributed by atoms with Crippen LogP contribution in [-0.4, -0.2) is 33.0 Å². The van der Waals surface area contributed by atoms with Gasteiger partial charge in [-0.05, 0) is 43.4 Å². The number of alkyl halides is 5. The molecule has 2 aromatic rings. The van der Waals surface area contributed by atoms with Crippen molar-refractivity contribution >= 4 is 46.7 Å². The Labute approximate surface area is 207 Å². The first kappa shape index (κ1) is 25.3. The van der Waals surface area contributed by atoms with Gasteiger partial charge in [0, 0.05) is 30.3 Å². The Kier molecular flexibility index (Phi) is 6.53. The summed E-state index contributed by atoms with van der Waals surface area (Å²) in [6.07, 6.45) is -0.683. The van der Waals surface area contributed by atoms with E-state index in [1.807, 2.05) is 0 Å². The van der Waals surface area contributed by atoms with E-state index in [1.165, 1.54) is 13.2 Å². The number of thioether (sulfide) groups is 1. The topological polar surface area (TPSA) is 89.5 Å². The Morgan fingerprint density at radius 3 is 2.54 bits per heavy atom. The van der Waals surface area contributed by atoms with Gasteiger partial charge in [0.05, 0.1) is 21.7 Å². The minimum absolute atomic E-state index is 0.0334. The van der Waals surface area contributed by atoms with Gasteiger partial charge in [-0.25, -0.2) is 0 Å². The number of allylic oxidation sites excluding steroid dienone is 1. The van der Waals surface area contributed by atoms with E-state index in [-0.39, 0.29) is 16.0 Å². The van der Waals surface area contributed by atoms with Crippen molar-refractivity contribution in [2.24, 2.45) is 7.05 Å². The van der Waals surface area contributed by atoms with Gasteiger partial charge < -0.3 is 16.0 Å². The molecule has 3 N–H and O–H groups in total. The molecule has 2 aliphatic carbocycles. The molecule has 35 heavy (non-hydrogen) atoms. The quantitative estimate of drug-likeness (QED) is 0.252. The number of aryl methyl sites for hydroxylation is 1. The van der Waals surface area contributed by atoms with Gasteiger partial charge in [-0.15, -0.1) is 11.8 Å². The van der Waals surface area contributed by atoms with Crippen LogP contribution in [-0.2, 0) is 13.0 Å². The van der Waals surface area contributed by atoms with E-state index >= 15 is 0 Å². The van der Waals surface area contributed by atoms with Crippen LogP contribution in [0.3, 0.4) is 0 Å². The maximum absolute atomic E-state index is 14.2. The summed E-state index contributed by atoms with van der Waals surface area (Å²) in [5, 5.41) is 26.8. The molecule has 0 atom stereocenters. The fourth-order valence-electron chi connectivity index (χ4n) is 3.27. The van der Waals surface area contributed by atoms with Gasteiger partial charge in [0.2, 0.25) is 0 Å². The minimum atomic E-state index is -5.79. The number of anilines is 2. The lowest BCUT2D eigenvalue weighted by Gasteiger charge is -2.18. The molecule has 1 aromatic carbocycles. The molecule has 0 unspecified atom stereocenters. The second-order valence-electron chi connectivity index (χ2n) is 8.44. The van der Waals surface area contributed by atoms with Crippen molar-refractivity contribution < 1.29 is 22.0 Å². The number of hydrogen-bond acceptors (Lipinski definition) is 6. The molecule has 0 aliphatic heterocycles. The summed E-state index contributed by atoms with van der Waals surface area (Å²) in [7, 11) is 1.27. The van der Waals surface area contributed by atoms with Crippen molar-refractivity contribution in [1.29, 1.82) is 10.7 Å². The second kappa shape index (κ2) is 9.02. The van der Waals surface area contributed by atoms with Crippen molar-refractivity contribution in [3.05, 3.63) is 40.7 Å². The van der Waals surface area contributed by atoms with Crippen LogP contribution >= 0.6 is 23.4 Å². The largest absolute Gasteiger partial charge is 0.459 e. The maximum atomic E-state index is 14.2. The molecule has 1 aromatic heterocycles. The highest BCUT2D eigenvalue weighted by Gasteiger charge is 2.62. The van der Waals surface area contributed by atoms with Gasteiger partial charge in [0.15, 0.2) is 5.69 Å². The number of nitriles is 1. The smallest absolute Gasteiger partial charge is 0.366 e. The Morgan fingerprint density at radius 2 is 2.00 bits per heavy atom. The van der Waals surface area contributed by atoms with Crippen LogP contribution in [0.25, 0.3) is 5.57 Å². The van der Waals surface area contributed by atoms with E-state index in [2.05, 4.69) is 21.8 Å². The van der Waals surface area contributed by atoms with Crippen LogP contribution in [0.15, 0.2) is 29.3 Å². The van der Waals surface area contributed by atoms with E-state index < -0.39 is 23.3 Å². The van der Waals surface area contributed by atoms with E-state index in [1.54, 1.807) is 18.2 Å². The van der Waals surface area contributed by atoms with Crippen molar-refractivity contribution in [3.8, 4) is 6.07 Å². The number of rotatable bonds is 9. The van der Waals surface area contributed by atoms with Crippen molar-refractivity contribution in [2.75, 3.05) is 10.6 Å². The summed E-state index contributed by atoms with van der Waals surface area (Å²) in [4.78, 5) is -0.277. The Balaban J connectivity index is 1.67. The maximum Gasteiger partial charge on any atom is 0.459 e. The average Bonchev–Trinajstić information content (AvgIpc) is 3.71. The third-order valence-corrected chi connectivity index (χ3v) is 7.38. The van der Waals surface area contributed by atoms with Crippen LogP contribution in [0.1, 0.15) is 36.9 Å². The van der Waals surface area contributed by atoms with Crippen LogP contribution < -0.4 is 10.6 Å². The van der Waals surface area contributed by atoms with Crippen molar-refractivity contribution in [1.82, 2.24) is 9.78 Å². The number of hydrogen-bond donors (Lipinski definition) is 3. The third-order valence-electron chi connectivity index (χ3n) is 5.62. The van der Waals surface area contributed by atoms with Crippen LogP contribution in [0, 0.1) is 16.7 Å². The standard InChI is InChI=1S/C22H20ClF5N6S/c1-34-19(17(35-14-3-4-14)18(33-34)21(24,25)22(26,27)28)31-10-13(9-29)12-2-5-15(23)16(8-12)32-20(11-30)6-7-20/h2,5,8-10,14,29,31-32H,3-4,6-7H2,1H3/b13-10+,29-9?. The van der Waals surface area contributed by atoms with Crippen molar-refractivity contribution in [2.45, 2.75) is 53.5 Å². The zero-order valence-corrected chi connectivity index (χ0v) is 19.9. The summed E-state index contributed by atoms with van der Waals surface area (Å²) in [5.74, 6) is -5.15. The van der Waals surface area contributed by atoms with Gasteiger partial charge in [-0.1, -0.05) is 17.7 Å². The fourth-order valence-corrected chi connectivity index (χ4v) is 4.72. The van der Waals surface area contributed by atoms with Crippen molar-refractivity contribution in [3.63, 3.8) is 0 Å². The zero-order chi connectivity index (χ0) is 25.6. The predicted octanol–water partition coefficient (Wildman–Crippen LogP) is 6.55.